The molecule has 2 heterocycles. The molecule has 4 rings (SSSR count). The van der Waals surface area contributed by atoms with Crippen molar-refractivity contribution in [2.24, 2.45) is 0 Å². The largest absolute Gasteiger partial charge is 0.312 e. The lowest BCUT2D eigenvalue weighted by Crippen LogP contribution is -2.08. The molecule has 4 aromatic rings. The average molecular weight is 302 g/mol. The lowest BCUT2D eigenvalue weighted by Gasteiger charge is -2.02. The summed E-state index contributed by atoms with van der Waals surface area (Å²) in [4.78, 5) is 19.3. The van der Waals surface area contributed by atoms with Gasteiger partial charge in [-0.15, -0.1) is 0 Å². The maximum Gasteiger partial charge on any atom is 0.262 e. The van der Waals surface area contributed by atoms with Gasteiger partial charge in [0.2, 0.25) is 0 Å². The Morgan fingerprint density at radius 1 is 0.957 bits per heavy atom. The van der Waals surface area contributed by atoms with E-state index >= 15 is 0 Å². The van der Waals surface area contributed by atoms with E-state index in [-0.39, 0.29) is 5.56 Å². The van der Waals surface area contributed by atoms with Crippen molar-refractivity contribution in [1.29, 1.82) is 0 Å². The van der Waals surface area contributed by atoms with Crippen LogP contribution in [0.2, 0.25) is 0 Å². The van der Waals surface area contributed by atoms with E-state index in [1.54, 1.807) is 4.68 Å². The molecule has 0 aliphatic heterocycles. The number of benzene rings is 2. The van der Waals surface area contributed by atoms with Gasteiger partial charge >= 0.3 is 0 Å². The van der Waals surface area contributed by atoms with Gasteiger partial charge in [-0.1, -0.05) is 60.7 Å². The topological polar surface area (TPSA) is 63.6 Å². The number of fused-ring (bicyclic) bond motifs is 1. The van der Waals surface area contributed by atoms with E-state index in [9.17, 15) is 4.79 Å². The van der Waals surface area contributed by atoms with Crippen LogP contribution in [-0.2, 0) is 6.54 Å². The van der Waals surface area contributed by atoms with Crippen molar-refractivity contribution in [3.05, 3.63) is 82.9 Å². The molecule has 0 fully saturated rings. The quantitative estimate of drug-likeness (QED) is 0.633. The number of nitrogens with zero attached hydrogens (tertiary/aromatic N) is 3. The molecule has 5 heteroatoms. The van der Waals surface area contributed by atoms with Crippen LogP contribution in [0, 0.1) is 0 Å². The molecule has 1 N–H and O–H groups in total. The number of nitrogens with one attached hydrogen (secondary N) is 1. The van der Waals surface area contributed by atoms with E-state index in [1.807, 2.05) is 60.7 Å². The Bertz CT molecular complexity index is 1000. The zero-order chi connectivity index (χ0) is 15.6. The Labute approximate surface area is 132 Å². The number of hydrogen-bond donors (Lipinski definition) is 1. The van der Waals surface area contributed by atoms with Crippen molar-refractivity contribution >= 4 is 11.0 Å². The summed E-state index contributed by atoms with van der Waals surface area (Å²) in [6.45, 7) is 0.570. The second-order valence-electron chi connectivity index (χ2n) is 5.29. The van der Waals surface area contributed by atoms with Gasteiger partial charge < -0.3 is 4.98 Å². The van der Waals surface area contributed by atoms with Crippen LogP contribution in [0.4, 0.5) is 0 Å². The fourth-order valence-electron chi connectivity index (χ4n) is 2.68. The van der Waals surface area contributed by atoms with Crippen LogP contribution in [0.1, 0.15) is 5.56 Å². The Kier molecular flexibility index (Phi) is 3.24. The monoisotopic (exact) mass is 302 g/mol. The van der Waals surface area contributed by atoms with Crippen molar-refractivity contribution in [3.8, 4) is 11.3 Å². The number of H-pyrrole nitrogens is 1. The van der Waals surface area contributed by atoms with Gasteiger partial charge in [0, 0.05) is 5.56 Å². The van der Waals surface area contributed by atoms with Gasteiger partial charge in [-0.3, -0.25) is 4.79 Å². The van der Waals surface area contributed by atoms with Crippen LogP contribution >= 0.6 is 0 Å². The molecule has 0 saturated heterocycles. The van der Waals surface area contributed by atoms with Gasteiger partial charge in [-0.05, 0) is 5.56 Å². The first kappa shape index (κ1) is 13.5. The molecule has 0 saturated carbocycles. The summed E-state index contributed by atoms with van der Waals surface area (Å²) >= 11 is 0. The van der Waals surface area contributed by atoms with Gasteiger partial charge in [0.15, 0.2) is 5.65 Å². The minimum atomic E-state index is -0.173. The molecule has 0 bridgehead atoms. The molecule has 0 amide bonds. The summed E-state index contributed by atoms with van der Waals surface area (Å²) in [5.74, 6) is 0. The van der Waals surface area contributed by atoms with Gasteiger partial charge in [0.1, 0.15) is 11.1 Å². The molecule has 112 valence electrons. The number of hydrogen-bond acceptors (Lipinski definition) is 3. The van der Waals surface area contributed by atoms with Crippen LogP contribution in [-0.4, -0.2) is 19.7 Å². The van der Waals surface area contributed by atoms with Gasteiger partial charge in [0.05, 0.1) is 12.9 Å². The molecule has 0 atom stereocenters. The molecule has 0 aliphatic rings. The molecule has 0 spiro atoms. The zero-order valence-electron chi connectivity index (χ0n) is 12.3. The van der Waals surface area contributed by atoms with Crippen molar-refractivity contribution in [2.45, 2.75) is 6.54 Å². The SMILES string of the molecule is O=c1[nH]cnc2c1c(-c1ccccc1)nn2Cc1ccccc1. The van der Waals surface area contributed by atoms with Crippen molar-refractivity contribution in [2.75, 3.05) is 0 Å². The molecule has 0 aliphatic carbocycles. The maximum atomic E-state index is 12.3. The van der Waals surface area contributed by atoms with Crippen LogP contribution < -0.4 is 5.56 Å². The van der Waals surface area contributed by atoms with Crippen molar-refractivity contribution in [1.82, 2.24) is 19.7 Å². The molecule has 23 heavy (non-hydrogen) atoms. The smallest absolute Gasteiger partial charge is 0.262 e. The molecule has 5 nitrogen and oxygen atoms in total. The first-order chi connectivity index (χ1) is 11.3. The van der Waals surface area contributed by atoms with Gasteiger partial charge in [-0.2, -0.15) is 5.10 Å². The lowest BCUT2D eigenvalue weighted by atomic mass is 10.1. The highest BCUT2D eigenvalue weighted by atomic mass is 16.1. The van der Waals surface area contributed by atoms with Crippen molar-refractivity contribution < 1.29 is 0 Å². The normalized spacial score (nSPS) is 11.0. The molecular formula is C18H14N4O. The van der Waals surface area contributed by atoms with E-state index in [1.165, 1.54) is 6.33 Å². The van der Waals surface area contributed by atoms with Crippen LogP contribution in [0.15, 0.2) is 71.8 Å². The van der Waals surface area contributed by atoms with Gasteiger partial charge in [0.25, 0.3) is 5.56 Å². The summed E-state index contributed by atoms with van der Waals surface area (Å²) in [5.41, 5.74) is 3.09. The van der Waals surface area contributed by atoms with E-state index in [0.29, 0.717) is 23.3 Å². The predicted octanol–water partition coefficient (Wildman–Crippen LogP) is 2.83. The lowest BCUT2D eigenvalue weighted by molar-refractivity contribution is 0.706. The average Bonchev–Trinajstić information content (AvgIpc) is 2.97. The third-order valence-corrected chi connectivity index (χ3v) is 3.76. The van der Waals surface area contributed by atoms with E-state index in [4.69, 9.17) is 0 Å². The number of aromatic nitrogens is 4. The fourth-order valence-corrected chi connectivity index (χ4v) is 2.68. The first-order valence-corrected chi connectivity index (χ1v) is 7.36. The van der Waals surface area contributed by atoms with E-state index in [0.717, 1.165) is 11.1 Å². The Morgan fingerprint density at radius 3 is 2.39 bits per heavy atom. The third-order valence-electron chi connectivity index (χ3n) is 3.76. The highest BCUT2D eigenvalue weighted by molar-refractivity contribution is 5.90. The Hall–Kier alpha value is -3.21. The predicted molar refractivity (Wildman–Crippen MR) is 89.1 cm³/mol. The zero-order valence-corrected chi connectivity index (χ0v) is 12.3. The number of rotatable bonds is 3. The summed E-state index contributed by atoms with van der Waals surface area (Å²) in [5, 5.41) is 5.17. The maximum absolute atomic E-state index is 12.3. The van der Waals surface area contributed by atoms with Crippen LogP contribution in [0.5, 0.6) is 0 Å². The van der Waals surface area contributed by atoms with Crippen LogP contribution in [0.3, 0.4) is 0 Å². The summed E-state index contributed by atoms with van der Waals surface area (Å²) in [6, 6.07) is 19.7. The summed E-state index contributed by atoms with van der Waals surface area (Å²) < 4.78 is 1.78. The summed E-state index contributed by atoms with van der Waals surface area (Å²) in [6.07, 6.45) is 1.42. The fraction of sp³-hybridized carbons (Fsp3) is 0.0556. The Balaban J connectivity index is 1.93. The molecule has 2 aromatic heterocycles. The molecular weight excluding hydrogens is 288 g/mol. The second kappa shape index (κ2) is 5.53. The minimum absolute atomic E-state index is 0.173. The third kappa shape index (κ3) is 2.42. The second-order valence-corrected chi connectivity index (χ2v) is 5.29. The first-order valence-electron chi connectivity index (χ1n) is 7.36. The van der Waals surface area contributed by atoms with Gasteiger partial charge in [-0.25, -0.2) is 9.67 Å². The van der Waals surface area contributed by atoms with Crippen molar-refractivity contribution in [3.63, 3.8) is 0 Å². The number of aromatic amines is 1. The van der Waals surface area contributed by atoms with E-state index in [2.05, 4.69) is 15.1 Å². The highest BCUT2D eigenvalue weighted by Gasteiger charge is 2.16. The minimum Gasteiger partial charge on any atom is -0.312 e. The molecule has 0 unspecified atom stereocenters. The highest BCUT2D eigenvalue weighted by Crippen LogP contribution is 2.24. The molecule has 0 radical (unpaired) electrons. The summed E-state index contributed by atoms with van der Waals surface area (Å²) in [7, 11) is 0. The molecule has 2 aromatic carbocycles. The standard InChI is InChI=1S/C18H14N4O/c23-18-15-16(14-9-5-2-6-10-14)21-22(17(15)19-12-20-18)11-13-7-3-1-4-8-13/h1-10,12H,11H2,(H,19,20,23). The van der Waals surface area contributed by atoms with Crippen LogP contribution in [0.25, 0.3) is 22.3 Å². The van der Waals surface area contributed by atoms with E-state index < -0.39 is 0 Å². The Morgan fingerprint density at radius 2 is 1.65 bits per heavy atom.